The third kappa shape index (κ3) is 3.17. The van der Waals surface area contributed by atoms with E-state index in [1.807, 2.05) is 6.92 Å². The molecule has 4 atom stereocenters. The van der Waals surface area contributed by atoms with E-state index >= 15 is 0 Å². The number of hydrogen-bond donors (Lipinski definition) is 4. The maximum atomic E-state index is 9.53. The van der Waals surface area contributed by atoms with E-state index in [9.17, 15) is 10.2 Å². The van der Waals surface area contributed by atoms with E-state index in [-0.39, 0.29) is 12.7 Å². The topological polar surface area (TPSA) is 95.9 Å². The summed E-state index contributed by atoms with van der Waals surface area (Å²) >= 11 is 0. The second-order valence-corrected chi connectivity index (χ2v) is 3.84. The molecule has 5 N–H and O–H groups in total. The quantitative estimate of drug-likeness (QED) is 0.492. The Bertz CT molecular complexity index is 231. The van der Waals surface area contributed by atoms with E-state index in [2.05, 4.69) is 0 Å². The molecular formula is C10H19NO4. The minimum Gasteiger partial charge on any atom is -0.402 e. The van der Waals surface area contributed by atoms with Gasteiger partial charge in [-0.1, -0.05) is 6.08 Å². The van der Waals surface area contributed by atoms with Crippen molar-refractivity contribution in [2.75, 3.05) is 6.61 Å². The van der Waals surface area contributed by atoms with Crippen molar-refractivity contribution in [3.05, 3.63) is 11.8 Å². The highest BCUT2D eigenvalue weighted by atomic mass is 16.5. The zero-order valence-electron chi connectivity index (χ0n) is 8.84. The van der Waals surface area contributed by atoms with Crippen LogP contribution in [0.15, 0.2) is 11.8 Å². The van der Waals surface area contributed by atoms with Crippen molar-refractivity contribution in [3.63, 3.8) is 0 Å². The summed E-state index contributed by atoms with van der Waals surface area (Å²) in [6, 6.07) is 0. The molecule has 0 saturated carbocycles. The van der Waals surface area contributed by atoms with Crippen LogP contribution in [0.4, 0.5) is 0 Å². The molecule has 0 spiro atoms. The van der Waals surface area contributed by atoms with Crippen molar-refractivity contribution in [1.82, 2.24) is 0 Å². The summed E-state index contributed by atoms with van der Waals surface area (Å²) in [5.74, 6) is 0. The van der Waals surface area contributed by atoms with Crippen molar-refractivity contribution in [2.45, 2.75) is 44.2 Å². The second-order valence-electron chi connectivity index (χ2n) is 3.84. The molecule has 15 heavy (non-hydrogen) atoms. The highest BCUT2D eigenvalue weighted by molar-refractivity contribution is 4.98. The van der Waals surface area contributed by atoms with Crippen molar-refractivity contribution in [2.24, 2.45) is 5.73 Å². The van der Waals surface area contributed by atoms with Gasteiger partial charge in [-0.2, -0.15) is 0 Å². The van der Waals surface area contributed by atoms with Crippen LogP contribution in [0.5, 0.6) is 0 Å². The summed E-state index contributed by atoms with van der Waals surface area (Å²) in [6.07, 6.45) is -0.207. The largest absolute Gasteiger partial charge is 0.402 e. The van der Waals surface area contributed by atoms with E-state index < -0.39 is 18.3 Å². The number of nitrogens with two attached hydrogens (primary N) is 1. The average molecular weight is 217 g/mol. The molecule has 0 radical (unpaired) electrons. The molecular weight excluding hydrogens is 198 g/mol. The Kier molecular flexibility index (Phi) is 4.53. The first kappa shape index (κ1) is 12.4. The van der Waals surface area contributed by atoms with Gasteiger partial charge in [0, 0.05) is 18.5 Å². The molecule has 0 bridgehead atoms. The minimum absolute atomic E-state index is 0.239. The normalized spacial score (nSPS) is 38.0. The molecule has 5 nitrogen and oxygen atoms in total. The molecule has 4 unspecified atom stereocenters. The highest BCUT2D eigenvalue weighted by Gasteiger charge is 2.36. The fourth-order valence-electron chi connectivity index (χ4n) is 1.70. The molecule has 88 valence electrons. The molecule has 1 saturated heterocycles. The van der Waals surface area contributed by atoms with Gasteiger partial charge in [0.15, 0.2) is 0 Å². The summed E-state index contributed by atoms with van der Waals surface area (Å²) in [4.78, 5) is 0. The first-order valence-corrected chi connectivity index (χ1v) is 5.11. The Balaban J connectivity index is 2.55. The third-order valence-corrected chi connectivity index (χ3v) is 2.66. The van der Waals surface area contributed by atoms with Crippen LogP contribution in [0.3, 0.4) is 0 Å². The Hall–Kier alpha value is -0.620. The van der Waals surface area contributed by atoms with Gasteiger partial charge in [0.25, 0.3) is 0 Å². The fraction of sp³-hybridized carbons (Fsp3) is 0.800. The molecule has 0 aromatic carbocycles. The number of aliphatic hydroxyl groups is 3. The summed E-state index contributed by atoms with van der Waals surface area (Å²) < 4.78 is 5.41. The zero-order valence-corrected chi connectivity index (χ0v) is 8.84. The Labute approximate surface area is 89.2 Å². The van der Waals surface area contributed by atoms with Gasteiger partial charge in [-0.3, -0.25) is 0 Å². The van der Waals surface area contributed by atoms with Gasteiger partial charge in [-0.25, -0.2) is 0 Å². The van der Waals surface area contributed by atoms with Crippen LogP contribution in [0.25, 0.3) is 0 Å². The number of allylic oxidation sites excluding steroid dienone is 1. The van der Waals surface area contributed by atoms with Gasteiger partial charge in [-0.15, -0.1) is 0 Å². The number of rotatable bonds is 3. The van der Waals surface area contributed by atoms with Gasteiger partial charge in [0.05, 0.1) is 18.8 Å². The molecule has 1 aliphatic rings. The first-order chi connectivity index (χ1) is 7.08. The SMILES string of the molecule is C/C=C(\N)CC1CC(O)C(O)C(CO)O1. The fourth-order valence-corrected chi connectivity index (χ4v) is 1.70. The minimum atomic E-state index is -1.02. The zero-order chi connectivity index (χ0) is 11.4. The smallest absolute Gasteiger partial charge is 0.109 e. The van der Waals surface area contributed by atoms with Crippen molar-refractivity contribution in [3.8, 4) is 0 Å². The Morgan fingerprint density at radius 2 is 2.20 bits per heavy atom. The number of aliphatic hydroxyl groups excluding tert-OH is 3. The average Bonchev–Trinajstić information content (AvgIpc) is 2.22. The van der Waals surface area contributed by atoms with E-state index in [4.69, 9.17) is 15.6 Å². The molecule has 1 heterocycles. The molecule has 0 aromatic rings. The molecule has 0 aromatic heterocycles. The summed E-state index contributed by atoms with van der Waals surface area (Å²) in [6.45, 7) is 1.53. The predicted octanol–water partition coefficient (Wildman–Crippen LogP) is -0.889. The summed E-state index contributed by atoms with van der Waals surface area (Å²) in [5, 5.41) is 27.9. The second kappa shape index (κ2) is 5.46. The lowest BCUT2D eigenvalue weighted by atomic mass is 9.96. The predicted molar refractivity (Wildman–Crippen MR) is 54.9 cm³/mol. The molecule has 5 heteroatoms. The molecule has 1 aliphatic heterocycles. The first-order valence-electron chi connectivity index (χ1n) is 5.11. The van der Waals surface area contributed by atoms with Crippen molar-refractivity contribution >= 4 is 0 Å². The number of ether oxygens (including phenoxy) is 1. The van der Waals surface area contributed by atoms with Gasteiger partial charge in [-0.05, 0) is 6.92 Å². The van der Waals surface area contributed by atoms with Crippen LogP contribution < -0.4 is 5.73 Å². The van der Waals surface area contributed by atoms with Crippen molar-refractivity contribution in [1.29, 1.82) is 0 Å². The van der Waals surface area contributed by atoms with Crippen molar-refractivity contribution < 1.29 is 20.1 Å². The summed E-state index contributed by atoms with van der Waals surface area (Å²) in [7, 11) is 0. The van der Waals surface area contributed by atoms with Crippen LogP contribution in [0.2, 0.25) is 0 Å². The van der Waals surface area contributed by atoms with Crippen LogP contribution in [-0.2, 0) is 4.74 Å². The van der Waals surface area contributed by atoms with Crippen LogP contribution in [0, 0.1) is 0 Å². The van der Waals surface area contributed by atoms with Gasteiger partial charge < -0.3 is 25.8 Å². The van der Waals surface area contributed by atoms with E-state index in [0.717, 1.165) is 0 Å². The standard InChI is InChI=1S/C10H19NO4/c1-2-6(11)3-7-4-8(13)10(14)9(5-12)15-7/h2,7-10,12-14H,3-5,11H2,1H3/b6-2-. The van der Waals surface area contributed by atoms with Crippen LogP contribution in [-0.4, -0.2) is 46.3 Å². The van der Waals surface area contributed by atoms with E-state index in [1.54, 1.807) is 6.08 Å². The maximum absolute atomic E-state index is 9.53. The Morgan fingerprint density at radius 3 is 2.73 bits per heavy atom. The third-order valence-electron chi connectivity index (χ3n) is 2.66. The van der Waals surface area contributed by atoms with Gasteiger partial charge in [0.2, 0.25) is 0 Å². The van der Waals surface area contributed by atoms with Crippen LogP contribution in [0.1, 0.15) is 19.8 Å². The lowest BCUT2D eigenvalue weighted by molar-refractivity contribution is -0.178. The lowest BCUT2D eigenvalue weighted by Crippen LogP contribution is -2.50. The molecule has 0 aliphatic carbocycles. The molecule has 1 rings (SSSR count). The summed E-state index contributed by atoms with van der Waals surface area (Å²) in [5.41, 5.74) is 6.33. The van der Waals surface area contributed by atoms with E-state index in [0.29, 0.717) is 18.5 Å². The lowest BCUT2D eigenvalue weighted by Gasteiger charge is -2.36. The maximum Gasteiger partial charge on any atom is 0.109 e. The van der Waals surface area contributed by atoms with E-state index in [1.165, 1.54) is 0 Å². The monoisotopic (exact) mass is 217 g/mol. The molecule has 0 amide bonds. The number of hydrogen-bond acceptors (Lipinski definition) is 5. The van der Waals surface area contributed by atoms with Crippen LogP contribution >= 0.6 is 0 Å². The molecule has 1 fully saturated rings. The highest BCUT2D eigenvalue weighted by Crippen LogP contribution is 2.23. The van der Waals surface area contributed by atoms with Gasteiger partial charge >= 0.3 is 0 Å². The Morgan fingerprint density at radius 1 is 1.53 bits per heavy atom. The van der Waals surface area contributed by atoms with Gasteiger partial charge in [0.1, 0.15) is 12.2 Å².